The summed E-state index contributed by atoms with van der Waals surface area (Å²) in [5.74, 6) is 0.753. The molecule has 29 heavy (non-hydrogen) atoms. The highest BCUT2D eigenvalue weighted by Crippen LogP contribution is 2.38. The first-order valence-corrected chi connectivity index (χ1v) is 10.00. The van der Waals surface area contributed by atoms with Gasteiger partial charge in [-0.15, -0.1) is 0 Å². The summed E-state index contributed by atoms with van der Waals surface area (Å²) in [5, 5.41) is 16.0. The predicted octanol–water partition coefficient (Wildman–Crippen LogP) is 6.15. The molecule has 4 rings (SSSR count). The molecule has 0 amide bonds. The zero-order valence-electron chi connectivity index (χ0n) is 16.5. The molecule has 0 atom stereocenters. The normalized spacial score (nSPS) is 13.8. The van der Waals surface area contributed by atoms with Crippen molar-refractivity contribution in [3.63, 3.8) is 0 Å². The molecule has 2 aromatic carbocycles. The summed E-state index contributed by atoms with van der Waals surface area (Å²) in [6.07, 6.45) is 8.46. The Hall–Kier alpha value is -2.98. The molecular weight excluding hydrogens is 384 g/mol. The van der Waals surface area contributed by atoms with Gasteiger partial charge in [-0.2, -0.15) is 5.10 Å². The first kappa shape index (κ1) is 19.3. The Morgan fingerprint density at radius 3 is 2.66 bits per heavy atom. The van der Waals surface area contributed by atoms with Crippen LogP contribution >= 0.6 is 11.6 Å². The van der Waals surface area contributed by atoms with Crippen LogP contribution in [0.25, 0.3) is 16.8 Å². The third kappa shape index (κ3) is 4.22. The van der Waals surface area contributed by atoms with E-state index in [1.54, 1.807) is 10.7 Å². The van der Waals surface area contributed by atoms with Gasteiger partial charge in [-0.25, -0.2) is 0 Å². The molecule has 1 aliphatic carbocycles. The van der Waals surface area contributed by atoms with Gasteiger partial charge in [-0.05, 0) is 55.2 Å². The van der Waals surface area contributed by atoms with Gasteiger partial charge in [0.1, 0.15) is 23.8 Å². The lowest BCUT2D eigenvalue weighted by atomic mass is 9.92. The molecule has 0 saturated carbocycles. The summed E-state index contributed by atoms with van der Waals surface area (Å²) in [4.78, 5) is 0. The number of aromatic nitrogens is 2. The first-order valence-electron chi connectivity index (χ1n) is 9.62. The molecule has 5 heteroatoms. The van der Waals surface area contributed by atoms with Crippen LogP contribution in [0.3, 0.4) is 0 Å². The van der Waals surface area contributed by atoms with E-state index in [-0.39, 0.29) is 5.75 Å². The van der Waals surface area contributed by atoms with Gasteiger partial charge in [0.15, 0.2) is 0 Å². The van der Waals surface area contributed by atoms with E-state index in [4.69, 9.17) is 16.3 Å². The summed E-state index contributed by atoms with van der Waals surface area (Å²) in [5.41, 5.74) is 6.03. The molecule has 4 nitrogen and oxygen atoms in total. The summed E-state index contributed by atoms with van der Waals surface area (Å²) in [6, 6.07) is 12.9. The van der Waals surface area contributed by atoms with Crippen LogP contribution < -0.4 is 4.74 Å². The average Bonchev–Trinajstić information content (AvgIpc) is 3.09. The molecule has 0 bridgehead atoms. The van der Waals surface area contributed by atoms with Gasteiger partial charge < -0.3 is 9.84 Å². The molecule has 3 aromatic rings. The smallest absolute Gasteiger partial charge is 0.128 e. The lowest BCUT2D eigenvalue weighted by molar-refractivity contribution is 0.304. The highest BCUT2D eigenvalue weighted by atomic mass is 35.5. The zero-order valence-corrected chi connectivity index (χ0v) is 17.3. The number of aryl methyl sites for hydroxylation is 1. The van der Waals surface area contributed by atoms with Crippen LogP contribution in [0.1, 0.15) is 30.9 Å². The molecule has 1 heterocycles. The van der Waals surface area contributed by atoms with E-state index in [2.05, 4.69) is 24.2 Å². The number of phenols is 1. The van der Waals surface area contributed by atoms with Crippen LogP contribution in [-0.4, -0.2) is 14.9 Å². The third-order valence-corrected chi connectivity index (χ3v) is 5.34. The van der Waals surface area contributed by atoms with Gasteiger partial charge in [0.05, 0.1) is 0 Å². The molecule has 0 unspecified atom stereocenters. The van der Waals surface area contributed by atoms with Crippen molar-refractivity contribution in [2.75, 3.05) is 0 Å². The van der Waals surface area contributed by atoms with E-state index in [1.165, 1.54) is 11.1 Å². The van der Waals surface area contributed by atoms with Crippen molar-refractivity contribution in [1.82, 2.24) is 9.78 Å². The van der Waals surface area contributed by atoms with Crippen molar-refractivity contribution in [2.24, 2.45) is 7.05 Å². The first-order chi connectivity index (χ1) is 14.0. The standard InChI is InChI=1S/C24H23ClN2O2/c1-16-5-3-4-6-20(16)22-14-27(2)26-24(22)21-12-11-19(13-23(21)28)29-15-17-7-9-18(25)10-8-17/h4,6-14,28H,3,5,15H2,1-2H3. The predicted molar refractivity (Wildman–Crippen MR) is 117 cm³/mol. The Bertz CT molecular complexity index is 1090. The minimum atomic E-state index is 0.150. The second-order valence-electron chi connectivity index (χ2n) is 7.29. The number of hydrogen-bond donors (Lipinski definition) is 1. The molecule has 0 radical (unpaired) electrons. The van der Waals surface area contributed by atoms with Gasteiger partial charge in [0, 0.05) is 35.5 Å². The van der Waals surface area contributed by atoms with Crippen LogP contribution in [0.15, 0.2) is 66.4 Å². The second-order valence-corrected chi connectivity index (χ2v) is 7.73. The van der Waals surface area contributed by atoms with Gasteiger partial charge >= 0.3 is 0 Å². The van der Waals surface area contributed by atoms with Gasteiger partial charge in [-0.1, -0.05) is 41.5 Å². The van der Waals surface area contributed by atoms with Crippen molar-refractivity contribution in [2.45, 2.75) is 26.4 Å². The Kier molecular flexibility index (Phi) is 5.45. The zero-order chi connectivity index (χ0) is 20.4. The topological polar surface area (TPSA) is 47.3 Å². The maximum absolute atomic E-state index is 10.7. The van der Waals surface area contributed by atoms with Crippen LogP contribution in [0.4, 0.5) is 0 Å². The van der Waals surface area contributed by atoms with Gasteiger partial charge in [0.2, 0.25) is 0 Å². The molecule has 0 aliphatic heterocycles. The molecule has 1 aliphatic rings. The quantitative estimate of drug-likeness (QED) is 0.552. The summed E-state index contributed by atoms with van der Waals surface area (Å²) in [7, 11) is 1.90. The van der Waals surface area contributed by atoms with Crippen LogP contribution in [-0.2, 0) is 13.7 Å². The van der Waals surface area contributed by atoms with E-state index in [0.717, 1.165) is 29.7 Å². The number of halogens is 1. The highest BCUT2D eigenvalue weighted by molar-refractivity contribution is 6.30. The summed E-state index contributed by atoms with van der Waals surface area (Å²) in [6.45, 7) is 2.56. The van der Waals surface area contributed by atoms with E-state index >= 15 is 0 Å². The summed E-state index contributed by atoms with van der Waals surface area (Å²) < 4.78 is 7.61. The molecule has 148 valence electrons. The van der Waals surface area contributed by atoms with Gasteiger partial charge in [0.25, 0.3) is 0 Å². The average molecular weight is 407 g/mol. The van der Waals surface area contributed by atoms with Gasteiger partial charge in [-0.3, -0.25) is 4.68 Å². The van der Waals surface area contributed by atoms with Crippen molar-refractivity contribution in [3.8, 4) is 22.8 Å². The number of allylic oxidation sites excluding steroid dienone is 4. The van der Waals surface area contributed by atoms with E-state index < -0.39 is 0 Å². The number of nitrogens with zero attached hydrogens (tertiary/aromatic N) is 2. The third-order valence-electron chi connectivity index (χ3n) is 5.09. The molecular formula is C24H23ClN2O2. The Balaban J connectivity index is 1.60. The van der Waals surface area contributed by atoms with E-state index in [9.17, 15) is 5.11 Å². The SMILES string of the molecule is CC1=C(c2cn(C)nc2-c2ccc(OCc3ccc(Cl)cc3)cc2O)C=CCC1. The molecule has 1 N–H and O–H groups in total. The molecule has 0 fully saturated rings. The Morgan fingerprint density at radius 1 is 1.14 bits per heavy atom. The van der Waals surface area contributed by atoms with Crippen molar-refractivity contribution >= 4 is 17.2 Å². The van der Waals surface area contributed by atoms with Crippen molar-refractivity contribution < 1.29 is 9.84 Å². The van der Waals surface area contributed by atoms with Crippen molar-refractivity contribution in [1.29, 1.82) is 0 Å². The number of hydrogen-bond acceptors (Lipinski definition) is 3. The fourth-order valence-electron chi connectivity index (χ4n) is 3.53. The van der Waals surface area contributed by atoms with Crippen LogP contribution in [0.5, 0.6) is 11.5 Å². The number of benzene rings is 2. The summed E-state index contributed by atoms with van der Waals surface area (Å²) >= 11 is 5.92. The Labute approximate surface area is 175 Å². The molecule has 0 spiro atoms. The number of phenolic OH excluding ortho intramolecular Hbond substituents is 1. The molecule has 1 aromatic heterocycles. The lowest BCUT2D eigenvalue weighted by Crippen LogP contribution is -1.96. The second kappa shape index (κ2) is 8.18. The number of ether oxygens (including phenoxy) is 1. The highest BCUT2D eigenvalue weighted by Gasteiger charge is 2.18. The fourth-order valence-corrected chi connectivity index (χ4v) is 3.66. The minimum Gasteiger partial charge on any atom is -0.507 e. The number of rotatable bonds is 5. The maximum Gasteiger partial charge on any atom is 0.128 e. The minimum absolute atomic E-state index is 0.150. The maximum atomic E-state index is 10.7. The van der Waals surface area contributed by atoms with E-state index in [1.807, 2.05) is 49.6 Å². The van der Waals surface area contributed by atoms with E-state index in [0.29, 0.717) is 22.9 Å². The van der Waals surface area contributed by atoms with Crippen LogP contribution in [0.2, 0.25) is 5.02 Å². The largest absolute Gasteiger partial charge is 0.507 e. The lowest BCUT2D eigenvalue weighted by Gasteiger charge is -2.13. The Morgan fingerprint density at radius 2 is 1.93 bits per heavy atom. The van der Waals surface area contributed by atoms with Crippen LogP contribution in [0, 0.1) is 0 Å². The number of aromatic hydroxyl groups is 1. The fraction of sp³-hybridized carbons (Fsp3) is 0.208. The monoisotopic (exact) mass is 406 g/mol. The molecule has 0 saturated heterocycles. The van der Waals surface area contributed by atoms with Crippen molar-refractivity contribution in [3.05, 3.63) is 82.5 Å².